The molecular weight excluding hydrogens is 474 g/mol. The maximum Gasteiger partial charge on any atom is 0.251 e. The van der Waals surface area contributed by atoms with Crippen LogP contribution in [0, 0.1) is 5.92 Å². The highest BCUT2D eigenvalue weighted by molar-refractivity contribution is 7.89. The van der Waals surface area contributed by atoms with E-state index in [0.29, 0.717) is 22.7 Å². The molecule has 1 atom stereocenters. The zero-order chi connectivity index (χ0) is 25.3. The number of piperidine rings is 1. The topological polar surface area (TPSA) is 121 Å². The molecule has 36 heavy (non-hydrogen) atoms. The summed E-state index contributed by atoms with van der Waals surface area (Å²) < 4.78 is 23.6. The number of carbonyl (C=O) groups is 1. The second-order valence-electron chi connectivity index (χ2n) is 9.41. The molecular formula is C27H29N5O3S. The van der Waals surface area contributed by atoms with Gasteiger partial charge in [-0.25, -0.2) is 13.6 Å². The van der Waals surface area contributed by atoms with Crippen LogP contribution in [0.3, 0.4) is 0 Å². The molecule has 3 aromatic carbocycles. The van der Waals surface area contributed by atoms with E-state index in [-0.39, 0.29) is 16.8 Å². The number of nitrogens with zero attached hydrogens (tertiary/aromatic N) is 2. The number of hydrogen-bond donors (Lipinski definition) is 3. The highest BCUT2D eigenvalue weighted by Crippen LogP contribution is 2.32. The molecule has 1 fully saturated rings. The fourth-order valence-corrected chi connectivity index (χ4v) is 5.48. The van der Waals surface area contributed by atoms with Crippen molar-refractivity contribution in [2.24, 2.45) is 11.1 Å². The minimum atomic E-state index is -3.85. The molecule has 1 unspecified atom stereocenters. The van der Waals surface area contributed by atoms with Crippen LogP contribution in [0.2, 0.25) is 0 Å². The summed E-state index contributed by atoms with van der Waals surface area (Å²) in [6.07, 6.45) is 2.03. The molecule has 1 aliphatic heterocycles. The number of fused-ring (bicyclic) bond motifs is 1. The van der Waals surface area contributed by atoms with Gasteiger partial charge >= 0.3 is 0 Å². The van der Waals surface area contributed by atoms with E-state index in [1.165, 1.54) is 12.1 Å². The second-order valence-corrected chi connectivity index (χ2v) is 11.0. The van der Waals surface area contributed by atoms with Crippen LogP contribution in [0.1, 0.15) is 34.8 Å². The number of rotatable bonds is 6. The Kier molecular flexibility index (Phi) is 6.61. The highest BCUT2D eigenvalue weighted by atomic mass is 32.2. The molecule has 9 heteroatoms. The Balaban J connectivity index is 1.46. The lowest BCUT2D eigenvalue weighted by molar-refractivity contribution is 0.0901. The monoisotopic (exact) mass is 503 g/mol. The zero-order valence-electron chi connectivity index (χ0n) is 20.0. The number of benzene rings is 3. The molecule has 1 aromatic heterocycles. The molecule has 0 saturated carbocycles. The number of nitrogens with one attached hydrogen (secondary N) is 2. The van der Waals surface area contributed by atoms with E-state index in [2.05, 4.69) is 39.6 Å². The Hall–Kier alpha value is -3.53. The fraction of sp³-hybridized carbons (Fsp3) is 0.259. The van der Waals surface area contributed by atoms with Gasteiger partial charge in [0.05, 0.1) is 22.1 Å². The number of likely N-dealkylation sites (tertiary alicyclic amines) is 1. The Morgan fingerprint density at radius 1 is 1.06 bits per heavy atom. The smallest absolute Gasteiger partial charge is 0.251 e. The predicted molar refractivity (Wildman–Crippen MR) is 140 cm³/mol. The minimum Gasteiger partial charge on any atom is -0.345 e. The predicted octanol–water partition coefficient (Wildman–Crippen LogP) is 3.69. The Bertz CT molecular complexity index is 1490. The Morgan fingerprint density at radius 3 is 2.53 bits per heavy atom. The van der Waals surface area contributed by atoms with Gasteiger partial charge in [0.15, 0.2) is 0 Å². The molecule has 0 spiro atoms. The largest absolute Gasteiger partial charge is 0.345 e. The quantitative estimate of drug-likeness (QED) is 0.371. The number of aromatic nitrogens is 2. The molecule has 1 saturated heterocycles. The van der Waals surface area contributed by atoms with Crippen LogP contribution >= 0.6 is 0 Å². The second kappa shape index (κ2) is 9.85. The lowest BCUT2D eigenvalue weighted by Gasteiger charge is -2.35. The van der Waals surface area contributed by atoms with E-state index >= 15 is 0 Å². The van der Waals surface area contributed by atoms with Crippen molar-refractivity contribution in [3.05, 3.63) is 83.9 Å². The zero-order valence-corrected chi connectivity index (χ0v) is 20.8. The summed E-state index contributed by atoms with van der Waals surface area (Å²) >= 11 is 0. The maximum absolute atomic E-state index is 13.5. The number of nitrogens with two attached hydrogens (primary N) is 1. The summed E-state index contributed by atoms with van der Waals surface area (Å²) in [7, 11) is -1.72. The van der Waals surface area contributed by atoms with Gasteiger partial charge in [-0.05, 0) is 74.8 Å². The normalized spacial score (nSPS) is 16.2. The third-order valence-electron chi connectivity index (χ3n) is 6.94. The first kappa shape index (κ1) is 24.2. The van der Waals surface area contributed by atoms with Crippen molar-refractivity contribution in [2.75, 3.05) is 20.1 Å². The summed E-state index contributed by atoms with van der Waals surface area (Å²) in [4.78, 5) is 15.8. The van der Waals surface area contributed by atoms with Crippen molar-refractivity contribution in [1.82, 2.24) is 20.4 Å². The molecule has 4 aromatic rings. The van der Waals surface area contributed by atoms with Gasteiger partial charge in [-0.15, -0.1) is 0 Å². The first-order valence-electron chi connectivity index (χ1n) is 12.0. The van der Waals surface area contributed by atoms with Gasteiger partial charge in [0, 0.05) is 16.5 Å². The highest BCUT2D eigenvalue weighted by Gasteiger charge is 2.28. The van der Waals surface area contributed by atoms with Gasteiger partial charge in [0.25, 0.3) is 5.91 Å². The van der Waals surface area contributed by atoms with Crippen LogP contribution in [0.25, 0.3) is 22.2 Å². The van der Waals surface area contributed by atoms with Crippen molar-refractivity contribution in [2.45, 2.75) is 23.8 Å². The van der Waals surface area contributed by atoms with Crippen molar-refractivity contribution >= 4 is 26.8 Å². The van der Waals surface area contributed by atoms with Gasteiger partial charge < -0.3 is 10.2 Å². The van der Waals surface area contributed by atoms with Crippen molar-refractivity contribution in [3.63, 3.8) is 0 Å². The van der Waals surface area contributed by atoms with Crippen LogP contribution in [0.5, 0.6) is 0 Å². The van der Waals surface area contributed by atoms with Gasteiger partial charge in [0.1, 0.15) is 0 Å². The molecule has 1 aliphatic rings. The van der Waals surface area contributed by atoms with Crippen molar-refractivity contribution < 1.29 is 13.2 Å². The average Bonchev–Trinajstić information content (AvgIpc) is 3.31. The molecule has 0 aliphatic carbocycles. The van der Waals surface area contributed by atoms with Gasteiger partial charge in [-0.1, -0.05) is 42.5 Å². The Labute approximate surface area is 210 Å². The van der Waals surface area contributed by atoms with Crippen molar-refractivity contribution in [3.8, 4) is 11.3 Å². The number of aromatic amines is 1. The van der Waals surface area contributed by atoms with Crippen LogP contribution < -0.4 is 10.5 Å². The summed E-state index contributed by atoms with van der Waals surface area (Å²) in [5.41, 5.74) is 3.52. The number of amides is 1. The van der Waals surface area contributed by atoms with Gasteiger partial charge in [0.2, 0.25) is 10.0 Å². The third kappa shape index (κ3) is 5.04. The van der Waals surface area contributed by atoms with Crippen LogP contribution in [-0.2, 0) is 10.0 Å². The van der Waals surface area contributed by atoms with Crippen molar-refractivity contribution in [1.29, 1.82) is 0 Å². The standard InChI is InChI=1S/C27H29N5O3S/c1-32-14-12-19(13-15-32)25(18-6-3-2-4-7-18)29-27(33)21-10-11-24-23(17-21)26(31-30-24)20-8-5-9-22(16-20)36(28,34)35/h2-11,16-17,19,25H,12-15H2,1H3,(H,29,33)(H,30,31)(H2,28,34,35). The molecule has 0 bridgehead atoms. The fourth-order valence-electron chi connectivity index (χ4n) is 4.92. The summed E-state index contributed by atoms with van der Waals surface area (Å²) in [5, 5.41) is 16.7. The Morgan fingerprint density at radius 2 is 1.81 bits per heavy atom. The molecule has 0 radical (unpaired) electrons. The lowest BCUT2D eigenvalue weighted by atomic mass is 9.85. The van der Waals surface area contributed by atoms with Gasteiger partial charge in [-0.2, -0.15) is 5.10 Å². The van der Waals surface area contributed by atoms with E-state index in [4.69, 9.17) is 5.14 Å². The lowest BCUT2D eigenvalue weighted by Crippen LogP contribution is -2.39. The number of primary sulfonamides is 1. The average molecular weight is 504 g/mol. The van der Waals surface area contributed by atoms with Gasteiger partial charge in [-0.3, -0.25) is 9.89 Å². The van der Waals surface area contributed by atoms with Crippen LogP contribution in [0.4, 0.5) is 0 Å². The maximum atomic E-state index is 13.5. The summed E-state index contributed by atoms with van der Waals surface area (Å²) in [6.45, 7) is 2.01. The molecule has 5 rings (SSSR count). The number of carbonyl (C=O) groups excluding carboxylic acids is 1. The molecule has 4 N–H and O–H groups in total. The first-order valence-corrected chi connectivity index (χ1v) is 13.5. The third-order valence-corrected chi connectivity index (χ3v) is 7.85. The summed E-state index contributed by atoms with van der Waals surface area (Å²) in [5.74, 6) is 0.192. The van der Waals surface area contributed by atoms with E-state index in [9.17, 15) is 13.2 Å². The molecule has 2 heterocycles. The molecule has 8 nitrogen and oxygen atoms in total. The molecule has 1 amide bonds. The SMILES string of the molecule is CN1CCC(C(NC(=O)c2ccc3[nH]nc(-c4cccc(S(N)(=O)=O)c4)c3c2)c2ccccc2)CC1. The minimum absolute atomic E-state index is 0.00822. The molecule has 186 valence electrons. The van der Waals surface area contributed by atoms with E-state index in [1.807, 2.05) is 24.3 Å². The van der Waals surface area contributed by atoms with Crippen LogP contribution in [-0.4, -0.2) is 49.6 Å². The number of H-pyrrole nitrogens is 1. The number of sulfonamides is 1. The van der Waals surface area contributed by atoms with E-state index in [1.54, 1.807) is 24.3 Å². The summed E-state index contributed by atoms with van der Waals surface area (Å²) in [6, 6.07) is 21.8. The van der Waals surface area contributed by atoms with Crippen LogP contribution in [0.15, 0.2) is 77.7 Å². The number of hydrogen-bond acceptors (Lipinski definition) is 5. The van der Waals surface area contributed by atoms with E-state index in [0.717, 1.165) is 42.4 Å². The van der Waals surface area contributed by atoms with E-state index < -0.39 is 10.0 Å². The first-order chi connectivity index (χ1) is 17.3.